The molecule has 0 saturated carbocycles. The van der Waals surface area contributed by atoms with Gasteiger partial charge in [0.25, 0.3) is 0 Å². The van der Waals surface area contributed by atoms with Crippen molar-refractivity contribution in [2.24, 2.45) is 5.73 Å². The maximum Gasteiger partial charge on any atom is 0.134 e. The van der Waals surface area contributed by atoms with Gasteiger partial charge in [-0.25, -0.2) is 0 Å². The van der Waals surface area contributed by atoms with E-state index in [1.54, 1.807) is 0 Å². The van der Waals surface area contributed by atoms with Crippen LogP contribution in [0.5, 0.6) is 0 Å². The Labute approximate surface area is 182 Å². The molecular weight excluding hydrogens is 358 g/mol. The largest absolute Gasteiger partial charge is 0.330 e. The summed E-state index contributed by atoms with van der Waals surface area (Å²) in [5.74, 6) is 0.414. The van der Waals surface area contributed by atoms with Crippen LogP contribution in [0, 0.1) is 6.92 Å². The molecule has 0 spiro atoms. The molecule has 0 unspecified atom stereocenters. The lowest BCUT2D eigenvalue weighted by Gasteiger charge is -2.07. The highest BCUT2D eigenvalue weighted by Gasteiger charge is 2.01. The molecule has 29 heavy (non-hydrogen) atoms. The van der Waals surface area contributed by atoms with Crippen LogP contribution >= 0.6 is 0 Å². The van der Waals surface area contributed by atoms with Gasteiger partial charge in [-0.15, -0.1) is 0 Å². The van der Waals surface area contributed by atoms with Gasteiger partial charge in [0.05, 0.1) is 0 Å². The average molecular weight is 410 g/mol. The molecule has 172 valence electrons. The smallest absolute Gasteiger partial charge is 0.134 e. The Kier molecular flexibility index (Phi) is 25.2. The van der Waals surface area contributed by atoms with Crippen LogP contribution in [0.15, 0.2) is 0 Å². The summed E-state index contributed by atoms with van der Waals surface area (Å²) in [6.07, 6.45) is 21.1. The second-order valence-corrected chi connectivity index (χ2v) is 8.42. The molecule has 0 bridgehead atoms. The van der Waals surface area contributed by atoms with E-state index in [1.165, 1.54) is 77.0 Å². The highest BCUT2D eigenvalue weighted by molar-refractivity contribution is 5.78. The summed E-state index contributed by atoms with van der Waals surface area (Å²) in [4.78, 5) is 11.9. The first kappa shape index (κ1) is 28.5. The predicted octanol–water partition coefficient (Wildman–Crippen LogP) is 5.43. The third kappa shape index (κ3) is 25.5. The molecule has 0 saturated heterocycles. The van der Waals surface area contributed by atoms with Crippen LogP contribution in [0.1, 0.15) is 116 Å². The summed E-state index contributed by atoms with van der Waals surface area (Å²) in [5.41, 5.74) is 5.50. The normalized spacial score (nSPS) is 11.2. The van der Waals surface area contributed by atoms with Gasteiger partial charge in [0.2, 0.25) is 0 Å². The molecule has 4 nitrogen and oxygen atoms in total. The molecule has 0 aromatic carbocycles. The lowest BCUT2D eigenvalue weighted by atomic mass is 10.1. The van der Waals surface area contributed by atoms with Gasteiger partial charge < -0.3 is 16.4 Å². The minimum atomic E-state index is 0.414. The monoisotopic (exact) mass is 409 g/mol. The van der Waals surface area contributed by atoms with E-state index in [0.717, 1.165) is 64.8 Å². The van der Waals surface area contributed by atoms with Gasteiger partial charge in [-0.1, -0.05) is 70.6 Å². The Morgan fingerprint density at radius 1 is 0.552 bits per heavy atom. The van der Waals surface area contributed by atoms with E-state index >= 15 is 0 Å². The van der Waals surface area contributed by atoms with Gasteiger partial charge in [-0.3, -0.25) is 4.79 Å². The summed E-state index contributed by atoms with van der Waals surface area (Å²) in [6, 6.07) is 0. The number of hydrogen-bond donors (Lipinski definition) is 3. The minimum Gasteiger partial charge on any atom is -0.330 e. The Balaban J connectivity index is 3.11. The molecule has 0 fully saturated rings. The first-order chi connectivity index (χ1) is 14.3. The van der Waals surface area contributed by atoms with E-state index in [9.17, 15) is 4.79 Å². The quantitative estimate of drug-likeness (QED) is 0.176. The van der Waals surface area contributed by atoms with Crippen LogP contribution in [-0.2, 0) is 4.79 Å². The number of carbonyl (C=O) groups excluding carboxylic acids is 1. The molecule has 2 radical (unpaired) electrons. The van der Waals surface area contributed by atoms with Crippen molar-refractivity contribution in [1.29, 1.82) is 0 Å². The number of hydrogen-bond acceptors (Lipinski definition) is 4. The first-order valence-electron chi connectivity index (χ1n) is 12.6. The summed E-state index contributed by atoms with van der Waals surface area (Å²) in [5, 5.41) is 6.93. The maximum atomic E-state index is 11.9. The summed E-state index contributed by atoms with van der Waals surface area (Å²) in [7, 11) is 0. The number of carbonyl (C=O) groups is 1. The Hall–Kier alpha value is -0.450. The van der Waals surface area contributed by atoms with E-state index in [1.807, 2.05) is 0 Å². The summed E-state index contributed by atoms with van der Waals surface area (Å²) >= 11 is 0. The van der Waals surface area contributed by atoms with E-state index in [0.29, 0.717) is 12.2 Å². The molecule has 0 heterocycles. The number of nitrogens with two attached hydrogens (primary N) is 1. The van der Waals surface area contributed by atoms with Crippen LogP contribution in [0.25, 0.3) is 0 Å². The van der Waals surface area contributed by atoms with Gasteiger partial charge in [0.15, 0.2) is 0 Å². The van der Waals surface area contributed by atoms with E-state index in [4.69, 9.17) is 12.7 Å². The third-order valence-corrected chi connectivity index (χ3v) is 5.51. The Bertz CT molecular complexity index is 323. The number of Topliss-reactive ketones (excluding diaryl/α,β-unsaturated/α-hetero) is 1. The summed E-state index contributed by atoms with van der Waals surface area (Å²) in [6.45, 7) is 10.4. The van der Waals surface area contributed by atoms with Gasteiger partial charge in [0.1, 0.15) is 5.78 Å². The molecule has 0 rings (SSSR count). The molecule has 4 heteroatoms. The fourth-order valence-electron chi connectivity index (χ4n) is 3.57. The predicted molar refractivity (Wildman–Crippen MR) is 127 cm³/mol. The zero-order valence-electron chi connectivity index (χ0n) is 19.3. The van der Waals surface area contributed by atoms with Crippen LogP contribution < -0.4 is 16.4 Å². The number of ketones is 1. The highest BCUT2D eigenvalue weighted by Crippen LogP contribution is 2.09. The molecule has 0 aliphatic rings. The van der Waals surface area contributed by atoms with Gasteiger partial charge >= 0.3 is 0 Å². The zero-order valence-corrected chi connectivity index (χ0v) is 19.3. The molecule has 0 amide bonds. The minimum absolute atomic E-state index is 0.414. The van der Waals surface area contributed by atoms with Crippen molar-refractivity contribution < 1.29 is 4.79 Å². The molecule has 0 atom stereocenters. The standard InChI is InChI=1S/C25H51N3O/c1-2-3-4-5-8-11-14-18-25(29)19-24-28-23-17-22-27-21-16-13-10-7-6-9-12-15-20-26/h1,27-28H,2-24,26H2. The van der Waals surface area contributed by atoms with Gasteiger partial charge in [-0.2, -0.15) is 0 Å². The van der Waals surface area contributed by atoms with Crippen molar-refractivity contribution >= 4 is 5.78 Å². The number of unbranched alkanes of at least 4 members (excludes halogenated alkanes) is 13. The summed E-state index contributed by atoms with van der Waals surface area (Å²) < 4.78 is 0. The molecule has 0 aliphatic heterocycles. The van der Waals surface area contributed by atoms with Crippen molar-refractivity contribution in [2.45, 2.75) is 116 Å². The number of rotatable bonds is 25. The van der Waals surface area contributed by atoms with Crippen LogP contribution in [-0.4, -0.2) is 38.5 Å². The Morgan fingerprint density at radius 3 is 1.66 bits per heavy atom. The van der Waals surface area contributed by atoms with Crippen LogP contribution in [0.4, 0.5) is 0 Å². The van der Waals surface area contributed by atoms with E-state index in [-0.39, 0.29) is 0 Å². The van der Waals surface area contributed by atoms with Crippen molar-refractivity contribution in [1.82, 2.24) is 10.6 Å². The van der Waals surface area contributed by atoms with Crippen molar-refractivity contribution in [2.75, 3.05) is 32.7 Å². The second kappa shape index (κ2) is 25.6. The fourth-order valence-corrected chi connectivity index (χ4v) is 3.57. The van der Waals surface area contributed by atoms with E-state index < -0.39 is 0 Å². The van der Waals surface area contributed by atoms with Crippen LogP contribution in [0.3, 0.4) is 0 Å². The average Bonchev–Trinajstić information content (AvgIpc) is 2.72. The molecule has 4 N–H and O–H groups in total. The topological polar surface area (TPSA) is 67.2 Å². The van der Waals surface area contributed by atoms with Gasteiger partial charge in [-0.05, 0) is 65.2 Å². The van der Waals surface area contributed by atoms with Crippen molar-refractivity contribution in [3.63, 3.8) is 0 Å². The maximum absolute atomic E-state index is 11.9. The molecule has 0 aromatic rings. The van der Waals surface area contributed by atoms with Crippen molar-refractivity contribution in [3.8, 4) is 0 Å². The number of nitrogens with one attached hydrogen (secondary N) is 2. The molecular formula is C25H51N3O. The van der Waals surface area contributed by atoms with E-state index in [2.05, 4.69) is 10.6 Å². The van der Waals surface area contributed by atoms with Crippen molar-refractivity contribution in [3.05, 3.63) is 6.92 Å². The SMILES string of the molecule is [CH]CCCCCCCCC(=O)CCNCCCNCCCCCCCCCCN. The lowest BCUT2D eigenvalue weighted by Crippen LogP contribution is -2.24. The van der Waals surface area contributed by atoms with Gasteiger partial charge in [0, 0.05) is 19.4 Å². The zero-order chi connectivity index (χ0) is 21.3. The van der Waals surface area contributed by atoms with Crippen LogP contribution in [0.2, 0.25) is 0 Å². The highest BCUT2D eigenvalue weighted by atomic mass is 16.1. The molecule has 0 aromatic heterocycles. The fraction of sp³-hybridized carbons (Fsp3) is 0.920. The first-order valence-corrected chi connectivity index (χ1v) is 12.6. The lowest BCUT2D eigenvalue weighted by molar-refractivity contribution is -0.119. The Morgan fingerprint density at radius 2 is 1.03 bits per heavy atom. The second-order valence-electron chi connectivity index (χ2n) is 8.42. The molecule has 0 aliphatic carbocycles. The third-order valence-electron chi connectivity index (χ3n) is 5.51.